The van der Waals surface area contributed by atoms with E-state index in [1.165, 1.54) is 0 Å². The van der Waals surface area contributed by atoms with E-state index in [2.05, 4.69) is 5.32 Å². The summed E-state index contributed by atoms with van der Waals surface area (Å²) in [5.74, 6) is 0. The molecule has 0 saturated heterocycles. The predicted octanol–water partition coefficient (Wildman–Crippen LogP) is 1.28. The molecule has 78 valence electrons. The number of carbonyl (C=O) groups excluding carboxylic acids is 1. The zero-order chi connectivity index (χ0) is 10.5. The summed E-state index contributed by atoms with van der Waals surface area (Å²) in [6.45, 7) is 7.11. The van der Waals surface area contributed by atoms with Gasteiger partial charge >= 0.3 is 6.09 Å². The second kappa shape index (κ2) is 5.07. The van der Waals surface area contributed by atoms with E-state index in [1.54, 1.807) is 13.8 Å². The maximum Gasteiger partial charge on any atom is 0.407 e. The number of ether oxygens (including phenoxy) is 1. The third-order valence-corrected chi connectivity index (χ3v) is 1.72. The van der Waals surface area contributed by atoms with Gasteiger partial charge in [0.15, 0.2) is 0 Å². The number of aliphatic hydroxyl groups excluding tert-OH is 1. The Bertz CT molecular complexity index is 168. The molecular weight excluding hydrogens is 170 g/mol. The van der Waals surface area contributed by atoms with Crippen LogP contribution in [0, 0.1) is 0 Å². The molecule has 0 aromatic heterocycles. The minimum atomic E-state index is -0.620. The fourth-order valence-electron chi connectivity index (χ4n) is 0.611. The molecule has 0 bridgehead atoms. The molecule has 1 amide bonds. The van der Waals surface area contributed by atoms with E-state index in [4.69, 9.17) is 9.84 Å². The van der Waals surface area contributed by atoms with E-state index in [9.17, 15) is 4.79 Å². The van der Waals surface area contributed by atoms with Crippen molar-refractivity contribution in [2.24, 2.45) is 0 Å². The van der Waals surface area contributed by atoms with Crippen LogP contribution in [-0.4, -0.2) is 29.4 Å². The summed E-state index contributed by atoms with van der Waals surface area (Å²) in [7, 11) is 0. The van der Waals surface area contributed by atoms with Crippen molar-refractivity contribution in [2.45, 2.75) is 45.8 Å². The molecule has 13 heavy (non-hydrogen) atoms. The van der Waals surface area contributed by atoms with E-state index in [1.807, 2.05) is 13.8 Å². The van der Waals surface area contributed by atoms with Crippen molar-refractivity contribution < 1.29 is 14.6 Å². The molecule has 4 heteroatoms. The molecule has 4 nitrogen and oxygen atoms in total. The summed E-state index contributed by atoms with van der Waals surface area (Å²) >= 11 is 0. The van der Waals surface area contributed by atoms with Crippen LogP contribution in [0.3, 0.4) is 0 Å². The maximum atomic E-state index is 11.1. The first-order valence-corrected chi connectivity index (χ1v) is 4.51. The van der Waals surface area contributed by atoms with Crippen LogP contribution in [0.2, 0.25) is 0 Å². The lowest BCUT2D eigenvalue weighted by Gasteiger charge is -2.24. The summed E-state index contributed by atoms with van der Waals surface area (Å²) in [4.78, 5) is 11.1. The molecule has 0 aliphatic rings. The second-order valence-electron chi connectivity index (χ2n) is 3.79. The van der Waals surface area contributed by atoms with Crippen LogP contribution < -0.4 is 5.32 Å². The molecule has 0 aromatic carbocycles. The Morgan fingerprint density at radius 1 is 1.62 bits per heavy atom. The lowest BCUT2D eigenvalue weighted by Crippen LogP contribution is -2.47. The van der Waals surface area contributed by atoms with Crippen LogP contribution in [0.5, 0.6) is 0 Å². The van der Waals surface area contributed by atoms with Crippen molar-refractivity contribution >= 4 is 6.09 Å². The average Bonchev–Trinajstić information content (AvgIpc) is 2.03. The summed E-state index contributed by atoms with van der Waals surface area (Å²) in [5, 5.41) is 11.4. The number of rotatable bonds is 4. The van der Waals surface area contributed by atoms with Crippen molar-refractivity contribution in [2.75, 3.05) is 6.61 Å². The number of carbonyl (C=O) groups is 1. The fourth-order valence-corrected chi connectivity index (χ4v) is 0.611. The minimum Gasteiger partial charge on any atom is -0.447 e. The number of hydrogen-bond donors (Lipinski definition) is 2. The highest BCUT2D eigenvalue weighted by atomic mass is 16.6. The van der Waals surface area contributed by atoms with Gasteiger partial charge in [-0.25, -0.2) is 4.79 Å². The highest BCUT2D eigenvalue weighted by Crippen LogP contribution is 2.02. The second-order valence-corrected chi connectivity index (χ2v) is 3.79. The topological polar surface area (TPSA) is 58.6 Å². The molecule has 1 unspecified atom stereocenters. The van der Waals surface area contributed by atoms with Gasteiger partial charge in [-0.3, -0.25) is 0 Å². The smallest absolute Gasteiger partial charge is 0.407 e. The Morgan fingerprint density at radius 3 is 2.54 bits per heavy atom. The zero-order valence-corrected chi connectivity index (χ0v) is 8.76. The van der Waals surface area contributed by atoms with Gasteiger partial charge in [0.1, 0.15) is 6.10 Å². The van der Waals surface area contributed by atoms with Gasteiger partial charge in [-0.2, -0.15) is 0 Å². The van der Waals surface area contributed by atoms with Crippen molar-refractivity contribution in [3.63, 3.8) is 0 Å². The normalized spacial score (nSPS) is 13.6. The Hall–Kier alpha value is -0.770. The Morgan fingerprint density at radius 2 is 2.15 bits per heavy atom. The molecule has 2 N–H and O–H groups in total. The molecule has 0 aliphatic carbocycles. The van der Waals surface area contributed by atoms with Gasteiger partial charge in [-0.1, -0.05) is 6.92 Å². The molecular formula is C9H19NO3. The monoisotopic (exact) mass is 189 g/mol. The number of amides is 1. The maximum absolute atomic E-state index is 11.1. The van der Waals surface area contributed by atoms with Gasteiger partial charge in [-0.05, 0) is 27.2 Å². The average molecular weight is 189 g/mol. The summed E-state index contributed by atoms with van der Waals surface area (Å²) in [5.41, 5.74) is -0.620. The largest absolute Gasteiger partial charge is 0.447 e. The standard InChI is InChI=1S/C9H19NO3/c1-5-7(2)13-8(12)10-9(3,4)6-11/h7,11H,5-6H2,1-4H3,(H,10,12). The van der Waals surface area contributed by atoms with Crippen molar-refractivity contribution in [1.29, 1.82) is 0 Å². The Labute approximate surface area is 79.3 Å². The van der Waals surface area contributed by atoms with E-state index in [-0.39, 0.29) is 12.7 Å². The van der Waals surface area contributed by atoms with Gasteiger partial charge in [0, 0.05) is 0 Å². The van der Waals surface area contributed by atoms with E-state index in [0.29, 0.717) is 0 Å². The van der Waals surface area contributed by atoms with Gasteiger partial charge in [0.2, 0.25) is 0 Å². The quantitative estimate of drug-likeness (QED) is 0.700. The lowest BCUT2D eigenvalue weighted by molar-refractivity contribution is 0.0885. The molecule has 0 aromatic rings. The van der Waals surface area contributed by atoms with Crippen LogP contribution in [0.1, 0.15) is 34.1 Å². The van der Waals surface area contributed by atoms with Crippen LogP contribution >= 0.6 is 0 Å². The molecule has 0 saturated carbocycles. The van der Waals surface area contributed by atoms with Crippen molar-refractivity contribution in [3.05, 3.63) is 0 Å². The van der Waals surface area contributed by atoms with E-state index < -0.39 is 11.6 Å². The zero-order valence-electron chi connectivity index (χ0n) is 8.76. The highest BCUT2D eigenvalue weighted by molar-refractivity contribution is 5.68. The molecule has 0 heterocycles. The number of hydrogen-bond acceptors (Lipinski definition) is 3. The first kappa shape index (κ1) is 12.2. The third-order valence-electron chi connectivity index (χ3n) is 1.72. The first-order valence-electron chi connectivity index (χ1n) is 4.51. The van der Waals surface area contributed by atoms with Crippen molar-refractivity contribution in [3.8, 4) is 0 Å². The highest BCUT2D eigenvalue weighted by Gasteiger charge is 2.20. The summed E-state index contributed by atoms with van der Waals surface area (Å²) in [6.07, 6.45) is 0.218. The third kappa shape index (κ3) is 5.47. The minimum absolute atomic E-state index is 0.0884. The molecule has 0 radical (unpaired) electrons. The Balaban J connectivity index is 3.87. The number of alkyl carbamates (subject to hydrolysis) is 1. The molecule has 0 fully saturated rings. The molecule has 0 spiro atoms. The van der Waals surface area contributed by atoms with Gasteiger partial charge < -0.3 is 15.2 Å². The predicted molar refractivity (Wildman–Crippen MR) is 50.5 cm³/mol. The van der Waals surface area contributed by atoms with Gasteiger partial charge in [-0.15, -0.1) is 0 Å². The number of aliphatic hydroxyl groups is 1. The first-order chi connectivity index (χ1) is 5.91. The fraction of sp³-hybridized carbons (Fsp3) is 0.889. The van der Waals surface area contributed by atoms with E-state index >= 15 is 0 Å². The van der Waals surface area contributed by atoms with Gasteiger partial charge in [0.25, 0.3) is 0 Å². The molecule has 0 aliphatic heterocycles. The SMILES string of the molecule is CCC(C)OC(=O)NC(C)(C)CO. The van der Waals surface area contributed by atoms with Gasteiger partial charge in [0.05, 0.1) is 12.1 Å². The van der Waals surface area contributed by atoms with Crippen LogP contribution in [0.25, 0.3) is 0 Å². The van der Waals surface area contributed by atoms with Crippen LogP contribution in [0.15, 0.2) is 0 Å². The number of nitrogens with one attached hydrogen (secondary N) is 1. The Kier molecular flexibility index (Phi) is 4.77. The summed E-state index contributed by atoms with van der Waals surface area (Å²) < 4.78 is 4.98. The molecule has 0 rings (SSSR count). The van der Waals surface area contributed by atoms with Crippen molar-refractivity contribution in [1.82, 2.24) is 5.32 Å². The molecule has 1 atom stereocenters. The summed E-state index contributed by atoms with van der Waals surface area (Å²) in [6, 6.07) is 0. The lowest BCUT2D eigenvalue weighted by atomic mass is 10.1. The van der Waals surface area contributed by atoms with E-state index in [0.717, 1.165) is 6.42 Å². The van der Waals surface area contributed by atoms with Crippen LogP contribution in [0.4, 0.5) is 4.79 Å². The van der Waals surface area contributed by atoms with Crippen LogP contribution in [-0.2, 0) is 4.74 Å².